The summed E-state index contributed by atoms with van der Waals surface area (Å²) in [5.41, 5.74) is 12.9. The van der Waals surface area contributed by atoms with Gasteiger partial charge in [-0.05, 0) is 104 Å². The van der Waals surface area contributed by atoms with Gasteiger partial charge in [0.1, 0.15) is 0 Å². The van der Waals surface area contributed by atoms with E-state index in [-0.39, 0.29) is 0 Å². The number of pyridine rings is 1. The van der Waals surface area contributed by atoms with Gasteiger partial charge in [0.15, 0.2) is 0 Å². The molecule has 11 rings (SSSR count). The molecule has 55 heavy (non-hydrogen) atoms. The van der Waals surface area contributed by atoms with Crippen LogP contribution in [0.3, 0.4) is 0 Å². The van der Waals surface area contributed by atoms with Gasteiger partial charge in [-0.2, -0.15) is 0 Å². The minimum absolute atomic E-state index is 0.855. The van der Waals surface area contributed by atoms with Crippen LogP contribution in [0.5, 0.6) is 0 Å². The fourth-order valence-corrected chi connectivity index (χ4v) is 8.59. The molecular weight excluding hydrogens is 667 g/mol. The topological polar surface area (TPSA) is 29.9 Å². The molecule has 1 aliphatic heterocycles. The summed E-state index contributed by atoms with van der Waals surface area (Å²) in [5.74, 6) is 0. The molecule has 0 amide bonds. The van der Waals surface area contributed by atoms with Crippen LogP contribution in [0.2, 0.25) is 0 Å². The van der Waals surface area contributed by atoms with E-state index in [0.29, 0.717) is 0 Å². The molecule has 0 radical (unpaired) electrons. The predicted octanol–water partition coefficient (Wildman–Crippen LogP) is 13.1. The summed E-state index contributed by atoms with van der Waals surface area (Å²) in [6.45, 7) is 0.855. The van der Waals surface area contributed by atoms with Crippen LogP contribution in [-0.4, -0.2) is 16.1 Å². The van der Waals surface area contributed by atoms with Gasteiger partial charge in [-0.1, -0.05) is 133 Å². The van der Waals surface area contributed by atoms with E-state index in [9.17, 15) is 0 Å². The molecule has 258 valence electrons. The van der Waals surface area contributed by atoms with E-state index < -0.39 is 0 Å². The summed E-state index contributed by atoms with van der Waals surface area (Å²) in [6, 6.07) is 62.1. The smallest absolute Gasteiger partial charge is 0.0708 e. The Morgan fingerprint density at radius 3 is 1.78 bits per heavy atom. The summed E-state index contributed by atoms with van der Waals surface area (Å²) >= 11 is 0. The SMILES string of the molecule is C1=CCNC(c2cccc3cc(-c4ccc5c(ccc6c7ccc(-c8ccc9c(-c%10ccccn%10)cccc9c8)cc7n(-c7ccccc7)c56)c4)ccc23)=C1. The molecule has 3 heteroatoms. The van der Waals surface area contributed by atoms with Gasteiger partial charge in [0.2, 0.25) is 0 Å². The Hall–Kier alpha value is -7.23. The van der Waals surface area contributed by atoms with Gasteiger partial charge in [0.25, 0.3) is 0 Å². The molecule has 0 spiro atoms. The van der Waals surface area contributed by atoms with Crippen LogP contribution in [-0.2, 0) is 0 Å². The normalized spacial score (nSPS) is 12.8. The number of allylic oxidation sites excluding steroid dienone is 2. The van der Waals surface area contributed by atoms with Gasteiger partial charge in [-0.25, -0.2) is 0 Å². The Balaban J connectivity index is 1.05. The first-order valence-corrected chi connectivity index (χ1v) is 18.9. The zero-order chi connectivity index (χ0) is 36.3. The number of hydrogen-bond donors (Lipinski definition) is 1. The van der Waals surface area contributed by atoms with Crippen molar-refractivity contribution in [1.29, 1.82) is 0 Å². The Bertz CT molecular complexity index is 3190. The van der Waals surface area contributed by atoms with Crippen LogP contribution in [0.15, 0.2) is 194 Å². The summed E-state index contributed by atoms with van der Waals surface area (Å²) < 4.78 is 2.46. The monoisotopic (exact) mass is 701 g/mol. The number of para-hydroxylation sites is 1. The van der Waals surface area contributed by atoms with Crippen LogP contribution in [0.4, 0.5) is 0 Å². The molecule has 8 aromatic carbocycles. The third kappa shape index (κ3) is 5.24. The number of hydrogen-bond acceptors (Lipinski definition) is 2. The van der Waals surface area contributed by atoms with Gasteiger partial charge >= 0.3 is 0 Å². The van der Waals surface area contributed by atoms with Crippen molar-refractivity contribution < 1.29 is 0 Å². The molecule has 0 unspecified atom stereocenters. The highest BCUT2D eigenvalue weighted by Crippen LogP contribution is 2.40. The number of nitrogens with one attached hydrogen (secondary N) is 1. The Kier molecular flexibility index (Phi) is 7.24. The lowest BCUT2D eigenvalue weighted by Crippen LogP contribution is -2.14. The highest BCUT2D eigenvalue weighted by molar-refractivity contribution is 6.19. The average molecular weight is 702 g/mol. The van der Waals surface area contributed by atoms with Crippen LogP contribution in [0, 0.1) is 0 Å². The molecule has 0 bridgehead atoms. The number of rotatable bonds is 5. The highest BCUT2D eigenvalue weighted by Gasteiger charge is 2.17. The highest BCUT2D eigenvalue weighted by atomic mass is 15.0. The molecule has 10 aromatic rings. The summed E-state index contributed by atoms with van der Waals surface area (Å²) in [5, 5.41) is 13.4. The summed E-state index contributed by atoms with van der Waals surface area (Å²) in [7, 11) is 0. The number of aromatic nitrogens is 2. The van der Waals surface area contributed by atoms with Crippen molar-refractivity contribution in [2.45, 2.75) is 0 Å². The lowest BCUT2D eigenvalue weighted by molar-refractivity contribution is 0.998. The first kappa shape index (κ1) is 31.3. The van der Waals surface area contributed by atoms with Crippen molar-refractivity contribution in [3.8, 4) is 39.2 Å². The first-order valence-electron chi connectivity index (χ1n) is 18.9. The number of benzene rings is 8. The van der Waals surface area contributed by atoms with Crippen LogP contribution in [0.1, 0.15) is 5.56 Å². The largest absolute Gasteiger partial charge is 0.381 e. The fraction of sp³-hybridized carbons (Fsp3) is 0.0192. The van der Waals surface area contributed by atoms with Crippen LogP contribution in [0.25, 0.3) is 99.0 Å². The zero-order valence-electron chi connectivity index (χ0n) is 30.1. The van der Waals surface area contributed by atoms with E-state index in [4.69, 9.17) is 0 Å². The third-order valence-corrected chi connectivity index (χ3v) is 11.2. The first-order chi connectivity index (χ1) is 27.3. The second kappa shape index (κ2) is 12.7. The van der Waals surface area contributed by atoms with Crippen molar-refractivity contribution in [3.05, 3.63) is 200 Å². The van der Waals surface area contributed by atoms with Gasteiger partial charge in [-0.3, -0.25) is 4.98 Å². The molecule has 0 aliphatic carbocycles. The standard InChI is InChI=1S/C52H35N3/c1-2-12-41(13-3-1)55-51-33-37(36-19-24-43-39(31-36)11-9-15-46(43)50-17-5-7-29-54-50)21-26-47(51)48-27-22-40-32-35(20-25-44(40)52(48)55)34-18-23-42-38(30-34)10-8-14-45(42)49-16-4-6-28-53-49/h1-27,29-33,53H,28H2. The van der Waals surface area contributed by atoms with E-state index in [1.165, 1.54) is 87.6 Å². The van der Waals surface area contributed by atoms with E-state index >= 15 is 0 Å². The number of nitrogens with zero attached hydrogens (tertiary/aromatic N) is 2. The lowest BCUT2D eigenvalue weighted by atomic mass is 9.95. The average Bonchev–Trinajstić information content (AvgIpc) is 3.60. The van der Waals surface area contributed by atoms with Gasteiger partial charge in [0.05, 0.1) is 16.7 Å². The Labute approximate surface area is 319 Å². The molecule has 3 nitrogen and oxygen atoms in total. The third-order valence-electron chi connectivity index (χ3n) is 11.2. The molecule has 1 N–H and O–H groups in total. The van der Waals surface area contributed by atoms with Crippen LogP contribution >= 0.6 is 0 Å². The second-order valence-corrected chi connectivity index (χ2v) is 14.4. The number of dihydropyridines is 1. The maximum Gasteiger partial charge on any atom is 0.0708 e. The lowest BCUT2D eigenvalue weighted by Gasteiger charge is -2.15. The molecule has 3 heterocycles. The second-order valence-electron chi connectivity index (χ2n) is 14.4. The van der Waals surface area contributed by atoms with Crippen molar-refractivity contribution in [3.63, 3.8) is 0 Å². The minimum Gasteiger partial charge on any atom is -0.381 e. The van der Waals surface area contributed by atoms with E-state index in [1.54, 1.807) is 0 Å². The van der Waals surface area contributed by atoms with E-state index in [1.807, 2.05) is 18.3 Å². The van der Waals surface area contributed by atoms with Crippen molar-refractivity contribution >= 4 is 59.8 Å². The summed E-state index contributed by atoms with van der Waals surface area (Å²) in [4.78, 5) is 4.64. The van der Waals surface area contributed by atoms with Gasteiger partial charge in [-0.15, -0.1) is 0 Å². The maximum atomic E-state index is 4.64. The minimum atomic E-state index is 0.855. The predicted molar refractivity (Wildman–Crippen MR) is 233 cm³/mol. The Morgan fingerprint density at radius 2 is 1.09 bits per heavy atom. The molecule has 1 aliphatic rings. The molecule has 0 atom stereocenters. The fourth-order valence-electron chi connectivity index (χ4n) is 8.59. The molecule has 0 saturated carbocycles. The quantitative estimate of drug-likeness (QED) is 0.194. The van der Waals surface area contributed by atoms with Gasteiger partial charge in [0, 0.05) is 51.4 Å². The number of fused-ring (bicyclic) bond motifs is 7. The molecule has 0 saturated heterocycles. The molecule has 0 fully saturated rings. The van der Waals surface area contributed by atoms with E-state index in [2.05, 4.69) is 191 Å². The molecule has 2 aromatic heterocycles. The molecular formula is C52H35N3. The van der Waals surface area contributed by atoms with Crippen molar-refractivity contribution in [2.24, 2.45) is 0 Å². The maximum absolute atomic E-state index is 4.64. The summed E-state index contributed by atoms with van der Waals surface area (Å²) in [6.07, 6.45) is 8.29. The van der Waals surface area contributed by atoms with Crippen molar-refractivity contribution in [1.82, 2.24) is 14.9 Å². The van der Waals surface area contributed by atoms with Crippen LogP contribution < -0.4 is 5.32 Å². The zero-order valence-corrected chi connectivity index (χ0v) is 30.1. The Morgan fingerprint density at radius 1 is 0.473 bits per heavy atom. The van der Waals surface area contributed by atoms with Crippen molar-refractivity contribution in [2.75, 3.05) is 6.54 Å². The van der Waals surface area contributed by atoms with Gasteiger partial charge < -0.3 is 9.88 Å². The van der Waals surface area contributed by atoms with E-state index in [0.717, 1.165) is 23.5 Å².